The molecule has 0 saturated carbocycles. The van der Waals surface area contributed by atoms with Crippen LogP contribution in [-0.2, 0) is 4.74 Å². The summed E-state index contributed by atoms with van der Waals surface area (Å²) in [5.41, 5.74) is 1.71. The maximum Gasteiger partial charge on any atom is 0.122 e. The highest BCUT2D eigenvalue weighted by Gasteiger charge is 2.14. The number of nitriles is 1. The van der Waals surface area contributed by atoms with E-state index in [2.05, 4.69) is 6.07 Å². The lowest BCUT2D eigenvalue weighted by Crippen LogP contribution is -2.21. The predicted octanol–water partition coefficient (Wildman–Crippen LogP) is 2.67. The molecular formula is C14H17NO2. The fourth-order valence-corrected chi connectivity index (χ4v) is 2.00. The van der Waals surface area contributed by atoms with Gasteiger partial charge in [0, 0.05) is 13.2 Å². The van der Waals surface area contributed by atoms with E-state index in [0.29, 0.717) is 11.5 Å². The van der Waals surface area contributed by atoms with Gasteiger partial charge in [0.1, 0.15) is 5.75 Å². The standard InChI is InChI=1S/C14H17NO2/c1-11-8-13(9-15)2-3-14(11)17-10-12-4-6-16-7-5-12/h2-3,8,12H,4-7,10H2,1H3. The zero-order valence-electron chi connectivity index (χ0n) is 10.1. The van der Waals surface area contributed by atoms with Crippen molar-refractivity contribution in [3.8, 4) is 11.8 Å². The third kappa shape index (κ3) is 3.21. The normalized spacial score (nSPS) is 16.5. The fourth-order valence-electron chi connectivity index (χ4n) is 2.00. The fraction of sp³-hybridized carbons (Fsp3) is 0.500. The first-order chi connectivity index (χ1) is 8.29. The van der Waals surface area contributed by atoms with Gasteiger partial charge in [0.2, 0.25) is 0 Å². The Morgan fingerprint density at radius 1 is 1.41 bits per heavy atom. The van der Waals surface area contributed by atoms with E-state index in [0.717, 1.165) is 44.0 Å². The minimum Gasteiger partial charge on any atom is -0.493 e. The molecule has 0 radical (unpaired) electrons. The molecule has 0 amide bonds. The van der Waals surface area contributed by atoms with Gasteiger partial charge < -0.3 is 9.47 Å². The Hall–Kier alpha value is -1.53. The zero-order chi connectivity index (χ0) is 12.1. The van der Waals surface area contributed by atoms with Crippen molar-refractivity contribution in [1.82, 2.24) is 0 Å². The molecule has 17 heavy (non-hydrogen) atoms. The summed E-state index contributed by atoms with van der Waals surface area (Å²) in [6.45, 7) is 4.41. The Balaban J connectivity index is 1.92. The lowest BCUT2D eigenvalue weighted by atomic mass is 10.0. The van der Waals surface area contributed by atoms with Crippen LogP contribution in [-0.4, -0.2) is 19.8 Å². The number of nitrogens with zero attached hydrogens (tertiary/aromatic N) is 1. The largest absolute Gasteiger partial charge is 0.493 e. The summed E-state index contributed by atoms with van der Waals surface area (Å²) < 4.78 is 11.1. The first-order valence-electron chi connectivity index (χ1n) is 6.01. The smallest absolute Gasteiger partial charge is 0.122 e. The van der Waals surface area contributed by atoms with Gasteiger partial charge in [-0.15, -0.1) is 0 Å². The van der Waals surface area contributed by atoms with Crippen molar-refractivity contribution < 1.29 is 9.47 Å². The first kappa shape index (κ1) is 11.9. The minimum atomic E-state index is 0.596. The Bertz CT molecular complexity index is 417. The highest BCUT2D eigenvalue weighted by molar-refractivity contribution is 5.41. The van der Waals surface area contributed by atoms with E-state index >= 15 is 0 Å². The molecule has 1 aliphatic heterocycles. The zero-order valence-corrected chi connectivity index (χ0v) is 10.1. The van der Waals surface area contributed by atoms with Crippen molar-refractivity contribution in [3.63, 3.8) is 0 Å². The molecule has 90 valence electrons. The Kier molecular flexibility index (Phi) is 4.00. The molecule has 0 bridgehead atoms. The van der Waals surface area contributed by atoms with E-state index in [1.54, 1.807) is 6.07 Å². The summed E-state index contributed by atoms with van der Waals surface area (Å²) in [5.74, 6) is 1.48. The summed E-state index contributed by atoms with van der Waals surface area (Å²) in [4.78, 5) is 0. The molecule has 0 aliphatic carbocycles. The second kappa shape index (κ2) is 5.70. The second-order valence-corrected chi connectivity index (χ2v) is 4.46. The van der Waals surface area contributed by atoms with E-state index in [1.165, 1.54) is 0 Å². The second-order valence-electron chi connectivity index (χ2n) is 4.46. The third-order valence-electron chi connectivity index (χ3n) is 3.12. The van der Waals surface area contributed by atoms with Crippen molar-refractivity contribution >= 4 is 0 Å². The topological polar surface area (TPSA) is 42.2 Å². The number of aryl methyl sites for hydroxylation is 1. The van der Waals surface area contributed by atoms with Crippen molar-refractivity contribution in [2.45, 2.75) is 19.8 Å². The minimum absolute atomic E-state index is 0.596. The van der Waals surface area contributed by atoms with Crippen molar-refractivity contribution in [2.75, 3.05) is 19.8 Å². The molecule has 0 atom stereocenters. The molecule has 0 aromatic heterocycles. The molecule has 1 saturated heterocycles. The van der Waals surface area contributed by atoms with Gasteiger partial charge in [0.15, 0.2) is 0 Å². The van der Waals surface area contributed by atoms with Crippen molar-refractivity contribution in [2.24, 2.45) is 5.92 Å². The van der Waals surface area contributed by atoms with Crippen LogP contribution in [0.1, 0.15) is 24.0 Å². The molecular weight excluding hydrogens is 214 g/mol. The Morgan fingerprint density at radius 3 is 2.82 bits per heavy atom. The summed E-state index contributed by atoms with van der Waals surface area (Å²) in [6.07, 6.45) is 2.16. The van der Waals surface area contributed by atoms with Gasteiger partial charge in [-0.3, -0.25) is 0 Å². The monoisotopic (exact) mass is 231 g/mol. The van der Waals surface area contributed by atoms with Crippen LogP contribution >= 0.6 is 0 Å². The van der Waals surface area contributed by atoms with Crippen molar-refractivity contribution in [3.05, 3.63) is 29.3 Å². The maximum absolute atomic E-state index is 8.78. The molecule has 1 aromatic rings. The lowest BCUT2D eigenvalue weighted by molar-refractivity contribution is 0.0496. The van der Waals surface area contributed by atoms with Crippen LogP contribution in [0.5, 0.6) is 5.75 Å². The molecule has 0 N–H and O–H groups in total. The van der Waals surface area contributed by atoms with Gasteiger partial charge in [-0.25, -0.2) is 0 Å². The lowest BCUT2D eigenvalue weighted by Gasteiger charge is -2.22. The van der Waals surface area contributed by atoms with Crippen LogP contribution in [0.25, 0.3) is 0 Å². The number of rotatable bonds is 3. The number of benzene rings is 1. The van der Waals surface area contributed by atoms with Crippen LogP contribution in [0.4, 0.5) is 0 Å². The molecule has 3 heteroatoms. The van der Waals surface area contributed by atoms with Gasteiger partial charge in [0.05, 0.1) is 18.2 Å². The summed E-state index contributed by atoms with van der Waals surface area (Å²) in [6, 6.07) is 7.67. The van der Waals surface area contributed by atoms with Gasteiger partial charge >= 0.3 is 0 Å². The summed E-state index contributed by atoms with van der Waals surface area (Å²) in [7, 11) is 0. The van der Waals surface area contributed by atoms with E-state index in [4.69, 9.17) is 14.7 Å². The highest BCUT2D eigenvalue weighted by atomic mass is 16.5. The van der Waals surface area contributed by atoms with Crippen LogP contribution in [0.3, 0.4) is 0 Å². The molecule has 1 aliphatic rings. The van der Waals surface area contributed by atoms with Gasteiger partial charge in [0.25, 0.3) is 0 Å². The summed E-state index contributed by atoms with van der Waals surface area (Å²) >= 11 is 0. The molecule has 1 fully saturated rings. The molecule has 0 unspecified atom stereocenters. The van der Waals surface area contributed by atoms with E-state index < -0.39 is 0 Å². The Morgan fingerprint density at radius 2 is 2.18 bits per heavy atom. The van der Waals surface area contributed by atoms with Crippen LogP contribution in [0.2, 0.25) is 0 Å². The number of ether oxygens (including phenoxy) is 2. The van der Waals surface area contributed by atoms with Crippen molar-refractivity contribution in [1.29, 1.82) is 5.26 Å². The molecule has 1 aromatic carbocycles. The molecule has 1 heterocycles. The van der Waals surface area contributed by atoms with E-state index in [9.17, 15) is 0 Å². The third-order valence-corrected chi connectivity index (χ3v) is 3.12. The predicted molar refractivity (Wildman–Crippen MR) is 64.9 cm³/mol. The molecule has 0 spiro atoms. The molecule has 2 rings (SSSR count). The average molecular weight is 231 g/mol. The van der Waals surface area contributed by atoms with Crippen LogP contribution in [0, 0.1) is 24.2 Å². The van der Waals surface area contributed by atoms with E-state index in [-0.39, 0.29) is 0 Å². The van der Waals surface area contributed by atoms with Crippen LogP contribution < -0.4 is 4.74 Å². The van der Waals surface area contributed by atoms with Gasteiger partial charge in [-0.1, -0.05) is 0 Å². The maximum atomic E-state index is 8.78. The van der Waals surface area contributed by atoms with Gasteiger partial charge in [-0.05, 0) is 49.4 Å². The Labute approximate surface area is 102 Å². The quantitative estimate of drug-likeness (QED) is 0.803. The SMILES string of the molecule is Cc1cc(C#N)ccc1OCC1CCOCC1. The summed E-state index contributed by atoms with van der Waals surface area (Å²) in [5, 5.41) is 8.78. The number of hydrogen-bond acceptors (Lipinski definition) is 3. The number of hydrogen-bond donors (Lipinski definition) is 0. The highest BCUT2D eigenvalue weighted by Crippen LogP contribution is 2.21. The molecule has 3 nitrogen and oxygen atoms in total. The average Bonchev–Trinajstić information content (AvgIpc) is 2.38. The van der Waals surface area contributed by atoms with Crippen LogP contribution in [0.15, 0.2) is 18.2 Å². The van der Waals surface area contributed by atoms with E-state index in [1.807, 2.05) is 19.1 Å². The van der Waals surface area contributed by atoms with Gasteiger partial charge in [-0.2, -0.15) is 5.26 Å². The first-order valence-corrected chi connectivity index (χ1v) is 6.01.